The number of aromatic hydroxyl groups is 1. The average Bonchev–Trinajstić information content (AvgIpc) is 2.75. The highest BCUT2D eigenvalue weighted by atomic mass is 16.3. The third kappa shape index (κ3) is 5.93. The van der Waals surface area contributed by atoms with Gasteiger partial charge in [-0.25, -0.2) is 0 Å². The standard InChI is InChI=1S/C24H29N3O4/c1-15(2)24(31)26-17-7-5-16(6-8-17)4-3-13-25-14-21(29)18-9-11-20(28)23-19(18)10-12-22(30)27-23/h5-12,15,21,25,28-29H,3-4,13-14H2,1-2H3,(H,26,31)(H,27,30). The third-order valence-corrected chi connectivity index (χ3v) is 5.17. The Kier molecular flexibility index (Phi) is 7.44. The van der Waals surface area contributed by atoms with Gasteiger partial charge in [-0.1, -0.05) is 32.0 Å². The Bertz CT molecular complexity index is 1090. The molecular formula is C24H29N3O4. The summed E-state index contributed by atoms with van der Waals surface area (Å²) in [7, 11) is 0. The zero-order valence-corrected chi connectivity index (χ0v) is 17.8. The molecule has 3 aromatic rings. The van der Waals surface area contributed by atoms with Crippen LogP contribution in [0.4, 0.5) is 5.69 Å². The molecule has 5 N–H and O–H groups in total. The van der Waals surface area contributed by atoms with Gasteiger partial charge in [0.1, 0.15) is 5.75 Å². The molecule has 1 heterocycles. The van der Waals surface area contributed by atoms with E-state index in [1.165, 1.54) is 17.7 Å². The number of H-pyrrole nitrogens is 1. The van der Waals surface area contributed by atoms with Crippen molar-refractivity contribution in [2.24, 2.45) is 5.92 Å². The molecule has 164 valence electrons. The van der Waals surface area contributed by atoms with Gasteiger partial charge < -0.3 is 25.8 Å². The Morgan fingerprint density at radius 2 is 1.81 bits per heavy atom. The van der Waals surface area contributed by atoms with E-state index in [1.807, 2.05) is 38.1 Å². The van der Waals surface area contributed by atoms with Gasteiger partial charge in [0, 0.05) is 29.6 Å². The van der Waals surface area contributed by atoms with Crippen LogP contribution in [-0.2, 0) is 11.2 Å². The van der Waals surface area contributed by atoms with Crippen molar-refractivity contribution in [1.82, 2.24) is 10.3 Å². The molecule has 3 rings (SSSR count). The molecule has 7 heteroatoms. The molecule has 0 spiro atoms. The number of nitrogens with one attached hydrogen (secondary N) is 3. The van der Waals surface area contributed by atoms with Gasteiger partial charge in [-0.2, -0.15) is 0 Å². The summed E-state index contributed by atoms with van der Waals surface area (Å²) in [4.78, 5) is 25.9. The number of hydrogen-bond donors (Lipinski definition) is 5. The number of phenols is 1. The Balaban J connectivity index is 1.47. The monoisotopic (exact) mass is 423 g/mol. The van der Waals surface area contributed by atoms with Gasteiger partial charge in [0.15, 0.2) is 0 Å². The van der Waals surface area contributed by atoms with E-state index in [0.29, 0.717) is 23.0 Å². The number of aryl methyl sites for hydroxylation is 1. The molecule has 1 unspecified atom stereocenters. The summed E-state index contributed by atoms with van der Waals surface area (Å²) < 4.78 is 0. The largest absolute Gasteiger partial charge is 0.506 e. The zero-order valence-electron chi connectivity index (χ0n) is 17.8. The number of amides is 1. The number of pyridine rings is 1. The summed E-state index contributed by atoms with van der Waals surface area (Å²) in [6, 6.07) is 14.0. The van der Waals surface area contributed by atoms with Crippen molar-refractivity contribution in [3.8, 4) is 5.75 Å². The minimum atomic E-state index is -0.766. The first-order valence-electron chi connectivity index (χ1n) is 10.5. The van der Waals surface area contributed by atoms with E-state index in [0.717, 1.165) is 25.1 Å². The minimum absolute atomic E-state index is 0.00303. The smallest absolute Gasteiger partial charge is 0.248 e. The van der Waals surface area contributed by atoms with Crippen LogP contribution in [0.25, 0.3) is 10.9 Å². The topological polar surface area (TPSA) is 114 Å². The number of aliphatic hydroxyl groups excluding tert-OH is 1. The van der Waals surface area contributed by atoms with Crippen LogP contribution in [0.5, 0.6) is 5.75 Å². The number of carbonyl (C=O) groups excluding carboxylic acids is 1. The molecular weight excluding hydrogens is 394 g/mol. The predicted molar refractivity (Wildman–Crippen MR) is 122 cm³/mol. The SMILES string of the molecule is CC(C)C(=O)Nc1ccc(CCCNCC(O)c2ccc(O)c3[nH]c(=O)ccc23)cc1. The van der Waals surface area contributed by atoms with E-state index in [9.17, 15) is 19.8 Å². The lowest BCUT2D eigenvalue weighted by atomic mass is 10.0. The number of aromatic amines is 1. The lowest BCUT2D eigenvalue weighted by molar-refractivity contribution is -0.118. The molecule has 31 heavy (non-hydrogen) atoms. The molecule has 7 nitrogen and oxygen atoms in total. The fourth-order valence-electron chi connectivity index (χ4n) is 3.36. The predicted octanol–water partition coefficient (Wildman–Crippen LogP) is 3.08. The normalized spacial score (nSPS) is 12.3. The molecule has 0 saturated carbocycles. The van der Waals surface area contributed by atoms with Crippen LogP contribution in [0.2, 0.25) is 0 Å². The molecule has 0 aliphatic rings. The van der Waals surface area contributed by atoms with Gasteiger partial charge in [0.2, 0.25) is 11.5 Å². The van der Waals surface area contributed by atoms with Crippen molar-refractivity contribution in [2.75, 3.05) is 18.4 Å². The van der Waals surface area contributed by atoms with Gasteiger partial charge in [0.05, 0.1) is 11.6 Å². The molecule has 0 aliphatic carbocycles. The van der Waals surface area contributed by atoms with E-state index in [-0.39, 0.29) is 23.1 Å². The van der Waals surface area contributed by atoms with Gasteiger partial charge in [-0.15, -0.1) is 0 Å². The first kappa shape index (κ1) is 22.5. The number of anilines is 1. The molecule has 1 amide bonds. The first-order chi connectivity index (χ1) is 14.8. The Morgan fingerprint density at radius 1 is 1.06 bits per heavy atom. The van der Waals surface area contributed by atoms with Crippen molar-refractivity contribution < 1.29 is 15.0 Å². The maximum Gasteiger partial charge on any atom is 0.248 e. The number of aromatic nitrogens is 1. The zero-order chi connectivity index (χ0) is 22.4. The molecule has 0 aliphatic heterocycles. The molecule has 2 aromatic carbocycles. The summed E-state index contributed by atoms with van der Waals surface area (Å²) in [5, 5.41) is 27.3. The number of carbonyl (C=O) groups is 1. The summed E-state index contributed by atoms with van der Waals surface area (Å²) in [6.45, 7) is 4.81. The number of rotatable bonds is 9. The van der Waals surface area contributed by atoms with E-state index >= 15 is 0 Å². The van der Waals surface area contributed by atoms with Crippen LogP contribution < -0.4 is 16.2 Å². The number of fused-ring (bicyclic) bond motifs is 1. The van der Waals surface area contributed by atoms with Crippen molar-refractivity contribution in [3.05, 3.63) is 70.0 Å². The van der Waals surface area contributed by atoms with Crippen molar-refractivity contribution >= 4 is 22.5 Å². The Labute approximate surface area is 181 Å². The van der Waals surface area contributed by atoms with Crippen molar-refractivity contribution in [3.63, 3.8) is 0 Å². The second-order valence-electron chi connectivity index (χ2n) is 7.95. The summed E-state index contributed by atoms with van der Waals surface area (Å²) in [6.07, 6.45) is 1.01. The molecule has 0 bridgehead atoms. The van der Waals surface area contributed by atoms with Crippen molar-refractivity contribution in [1.29, 1.82) is 0 Å². The summed E-state index contributed by atoms with van der Waals surface area (Å²) in [5.74, 6) is -0.0716. The van der Waals surface area contributed by atoms with Crippen LogP contribution in [0.1, 0.15) is 37.5 Å². The van der Waals surface area contributed by atoms with Crippen LogP contribution in [-0.4, -0.2) is 34.2 Å². The number of phenolic OH excluding ortho intramolecular Hbond substituents is 1. The third-order valence-electron chi connectivity index (χ3n) is 5.17. The quantitative estimate of drug-likeness (QED) is 0.339. The average molecular weight is 424 g/mol. The highest BCUT2D eigenvalue weighted by Gasteiger charge is 2.13. The Morgan fingerprint density at radius 3 is 2.52 bits per heavy atom. The fourth-order valence-corrected chi connectivity index (χ4v) is 3.36. The summed E-state index contributed by atoms with van der Waals surface area (Å²) >= 11 is 0. The van der Waals surface area contributed by atoms with Crippen LogP contribution in [0, 0.1) is 5.92 Å². The highest BCUT2D eigenvalue weighted by Crippen LogP contribution is 2.28. The molecule has 0 radical (unpaired) electrons. The maximum atomic E-state index is 11.7. The lowest BCUT2D eigenvalue weighted by Crippen LogP contribution is -2.23. The second-order valence-corrected chi connectivity index (χ2v) is 7.95. The van der Waals surface area contributed by atoms with E-state index < -0.39 is 6.10 Å². The number of aliphatic hydroxyl groups is 1. The fraction of sp³-hybridized carbons (Fsp3) is 0.333. The number of benzene rings is 2. The second kappa shape index (κ2) is 10.2. The molecule has 0 fully saturated rings. The van der Waals surface area contributed by atoms with Gasteiger partial charge in [-0.05, 0) is 54.8 Å². The van der Waals surface area contributed by atoms with Crippen molar-refractivity contribution in [2.45, 2.75) is 32.8 Å². The van der Waals surface area contributed by atoms with Gasteiger partial charge in [-0.3, -0.25) is 9.59 Å². The molecule has 1 atom stereocenters. The van der Waals surface area contributed by atoms with Crippen LogP contribution in [0.15, 0.2) is 53.3 Å². The molecule has 0 saturated heterocycles. The van der Waals surface area contributed by atoms with Crippen LogP contribution in [0.3, 0.4) is 0 Å². The summed E-state index contributed by atoms with van der Waals surface area (Å²) in [5.41, 5.74) is 2.65. The number of hydrogen-bond acceptors (Lipinski definition) is 5. The van der Waals surface area contributed by atoms with E-state index in [2.05, 4.69) is 15.6 Å². The van der Waals surface area contributed by atoms with Crippen LogP contribution >= 0.6 is 0 Å². The highest BCUT2D eigenvalue weighted by molar-refractivity contribution is 5.92. The maximum absolute atomic E-state index is 11.7. The van der Waals surface area contributed by atoms with Gasteiger partial charge in [0.25, 0.3) is 0 Å². The van der Waals surface area contributed by atoms with E-state index in [1.54, 1.807) is 12.1 Å². The first-order valence-corrected chi connectivity index (χ1v) is 10.5. The minimum Gasteiger partial charge on any atom is -0.506 e. The Hall–Kier alpha value is -3.16. The molecule has 1 aromatic heterocycles. The van der Waals surface area contributed by atoms with Gasteiger partial charge >= 0.3 is 0 Å². The van der Waals surface area contributed by atoms with E-state index in [4.69, 9.17) is 0 Å². The lowest BCUT2D eigenvalue weighted by Gasteiger charge is -2.15.